The van der Waals surface area contributed by atoms with Gasteiger partial charge in [-0.1, -0.05) is 13.0 Å². The monoisotopic (exact) mass is 540 g/mol. The first kappa shape index (κ1) is 28.7. The number of alkyl halides is 4. The Morgan fingerprint density at radius 2 is 1.78 bits per heavy atom. The lowest BCUT2D eigenvalue weighted by atomic mass is 10.0. The Labute approximate surface area is 219 Å². The Kier molecular flexibility index (Phi) is 10.2. The van der Waals surface area contributed by atoms with E-state index in [1.165, 1.54) is 30.3 Å². The highest BCUT2D eigenvalue weighted by atomic mass is 35.5. The molecular formula is C26H32ClF3N4O3. The van der Waals surface area contributed by atoms with E-state index in [0.29, 0.717) is 43.4 Å². The standard InChI is InChI=1S/C26H32ClF3N4O3/c1-3-24(35)32-22-15-18(6-8-23(22)37-14-4-9-27)25(36)31-20-7-5-19(21(16-20)26(28,29)30)17-34-12-10-33(2)11-13-34/h5-8,15-16H,3-4,9-14,17H2,1-2H3,(H,31,36)(H,32,35). The summed E-state index contributed by atoms with van der Waals surface area (Å²) in [5.41, 5.74) is -0.124. The highest BCUT2D eigenvalue weighted by Crippen LogP contribution is 2.35. The lowest BCUT2D eigenvalue weighted by Crippen LogP contribution is -2.44. The third-order valence-electron chi connectivity index (χ3n) is 6.04. The first-order chi connectivity index (χ1) is 17.6. The summed E-state index contributed by atoms with van der Waals surface area (Å²) in [6, 6.07) is 8.31. The maximum atomic E-state index is 13.9. The zero-order valence-electron chi connectivity index (χ0n) is 21.0. The normalized spacial score (nSPS) is 14.9. The quantitative estimate of drug-likeness (QED) is 0.325. The molecule has 0 atom stereocenters. The number of likely N-dealkylation sites (N-methyl/N-ethyl adjacent to an activating group) is 1. The number of benzene rings is 2. The minimum Gasteiger partial charge on any atom is -0.491 e. The van der Waals surface area contributed by atoms with Crippen LogP contribution in [0.4, 0.5) is 24.5 Å². The van der Waals surface area contributed by atoms with Crippen LogP contribution in [0.5, 0.6) is 5.75 Å². The smallest absolute Gasteiger partial charge is 0.416 e. The second kappa shape index (κ2) is 13.1. The predicted molar refractivity (Wildman–Crippen MR) is 138 cm³/mol. The summed E-state index contributed by atoms with van der Waals surface area (Å²) in [5.74, 6) is -0.105. The number of rotatable bonds is 10. The molecule has 0 radical (unpaired) electrons. The molecule has 0 aliphatic carbocycles. The van der Waals surface area contributed by atoms with Crippen molar-refractivity contribution < 1.29 is 27.5 Å². The van der Waals surface area contributed by atoms with Crippen molar-refractivity contribution in [1.82, 2.24) is 9.80 Å². The Bertz CT molecular complexity index is 1090. The molecule has 1 aliphatic rings. The Hall–Kier alpha value is -2.82. The molecule has 0 bridgehead atoms. The number of piperazine rings is 1. The SMILES string of the molecule is CCC(=O)Nc1cc(C(=O)Nc2ccc(CN3CCN(C)CC3)c(C(F)(F)F)c2)ccc1OCCCCl. The van der Waals surface area contributed by atoms with Gasteiger partial charge in [-0.25, -0.2) is 0 Å². The number of halogens is 4. The molecule has 1 fully saturated rings. The Balaban J connectivity index is 1.79. The lowest BCUT2D eigenvalue weighted by Gasteiger charge is -2.33. The molecule has 1 heterocycles. The number of amides is 2. The van der Waals surface area contributed by atoms with Crippen LogP contribution in [-0.2, 0) is 17.5 Å². The number of nitrogens with zero attached hydrogens (tertiary/aromatic N) is 2. The molecule has 2 aromatic rings. The molecule has 2 amide bonds. The molecule has 1 aliphatic heterocycles. The number of hydrogen-bond acceptors (Lipinski definition) is 5. The van der Waals surface area contributed by atoms with Gasteiger partial charge in [-0.15, -0.1) is 11.6 Å². The van der Waals surface area contributed by atoms with E-state index in [-0.39, 0.29) is 35.7 Å². The molecule has 0 spiro atoms. The first-order valence-corrected chi connectivity index (χ1v) is 12.7. The van der Waals surface area contributed by atoms with Crippen molar-refractivity contribution in [2.45, 2.75) is 32.5 Å². The van der Waals surface area contributed by atoms with Gasteiger partial charge in [0.2, 0.25) is 5.91 Å². The van der Waals surface area contributed by atoms with Crippen molar-refractivity contribution in [3.05, 3.63) is 53.1 Å². The number of ether oxygens (including phenoxy) is 1. The molecule has 202 valence electrons. The van der Waals surface area contributed by atoms with Crippen molar-refractivity contribution in [3.8, 4) is 5.75 Å². The van der Waals surface area contributed by atoms with Crippen LogP contribution in [0.1, 0.15) is 41.3 Å². The van der Waals surface area contributed by atoms with Crippen LogP contribution in [-0.4, -0.2) is 67.3 Å². The van der Waals surface area contributed by atoms with Gasteiger partial charge in [0.05, 0.1) is 17.9 Å². The first-order valence-electron chi connectivity index (χ1n) is 12.2. The second-order valence-corrected chi connectivity index (χ2v) is 9.28. The fourth-order valence-electron chi connectivity index (χ4n) is 3.88. The zero-order valence-corrected chi connectivity index (χ0v) is 21.7. The van der Waals surface area contributed by atoms with Crippen LogP contribution in [0.3, 0.4) is 0 Å². The summed E-state index contributed by atoms with van der Waals surface area (Å²) < 4.78 is 47.3. The Morgan fingerprint density at radius 1 is 1.05 bits per heavy atom. The van der Waals surface area contributed by atoms with Crippen LogP contribution in [0.25, 0.3) is 0 Å². The van der Waals surface area contributed by atoms with Gasteiger partial charge >= 0.3 is 6.18 Å². The van der Waals surface area contributed by atoms with Crippen molar-refractivity contribution in [1.29, 1.82) is 0 Å². The number of hydrogen-bond donors (Lipinski definition) is 2. The second-order valence-electron chi connectivity index (χ2n) is 8.91. The Morgan fingerprint density at radius 3 is 2.43 bits per heavy atom. The number of carbonyl (C=O) groups is 2. The molecule has 0 saturated carbocycles. The molecular weight excluding hydrogens is 509 g/mol. The third kappa shape index (κ3) is 8.34. The maximum Gasteiger partial charge on any atom is 0.416 e. The van der Waals surface area contributed by atoms with Crippen LogP contribution in [0, 0.1) is 0 Å². The molecule has 2 aromatic carbocycles. The fourth-order valence-corrected chi connectivity index (χ4v) is 3.99. The van der Waals surface area contributed by atoms with Crippen LogP contribution >= 0.6 is 11.6 Å². The van der Waals surface area contributed by atoms with E-state index in [4.69, 9.17) is 16.3 Å². The minimum absolute atomic E-state index is 0.0287. The largest absolute Gasteiger partial charge is 0.491 e. The minimum atomic E-state index is -4.57. The summed E-state index contributed by atoms with van der Waals surface area (Å²) in [5, 5.41) is 5.23. The van der Waals surface area contributed by atoms with Crippen molar-refractivity contribution >= 4 is 34.8 Å². The predicted octanol–water partition coefficient (Wildman–Crippen LogP) is 5.06. The maximum absolute atomic E-state index is 13.9. The van der Waals surface area contributed by atoms with Crippen LogP contribution in [0.2, 0.25) is 0 Å². The van der Waals surface area contributed by atoms with E-state index in [0.717, 1.165) is 19.2 Å². The molecule has 1 saturated heterocycles. The molecule has 7 nitrogen and oxygen atoms in total. The number of nitrogens with one attached hydrogen (secondary N) is 2. The van der Waals surface area contributed by atoms with E-state index < -0.39 is 17.6 Å². The molecule has 0 aromatic heterocycles. The fraction of sp³-hybridized carbons (Fsp3) is 0.462. The van der Waals surface area contributed by atoms with Crippen molar-refractivity contribution in [2.75, 3.05) is 56.3 Å². The van der Waals surface area contributed by atoms with Gasteiger partial charge in [-0.3, -0.25) is 14.5 Å². The van der Waals surface area contributed by atoms with Crippen molar-refractivity contribution in [2.24, 2.45) is 0 Å². The van der Waals surface area contributed by atoms with Gasteiger partial charge in [0.25, 0.3) is 5.91 Å². The summed E-state index contributed by atoms with van der Waals surface area (Å²) in [7, 11) is 1.98. The molecule has 0 unspecified atom stereocenters. The van der Waals surface area contributed by atoms with Gasteiger partial charge in [0.15, 0.2) is 0 Å². The van der Waals surface area contributed by atoms with E-state index in [1.54, 1.807) is 6.92 Å². The highest BCUT2D eigenvalue weighted by Gasteiger charge is 2.34. The van der Waals surface area contributed by atoms with E-state index >= 15 is 0 Å². The van der Waals surface area contributed by atoms with Gasteiger partial charge in [-0.05, 0) is 49.4 Å². The topological polar surface area (TPSA) is 73.9 Å². The van der Waals surface area contributed by atoms with Gasteiger partial charge in [-0.2, -0.15) is 13.2 Å². The number of anilines is 2. The van der Waals surface area contributed by atoms with E-state index in [2.05, 4.69) is 15.5 Å². The highest BCUT2D eigenvalue weighted by molar-refractivity contribution is 6.17. The summed E-state index contributed by atoms with van der Waals surface area (Å²) in [6.45, 7) is 5.17. The third-order valence-corrected chi connectivity index (χ3v) is 6.30. The van der Waals surface area contributed by atoms with Gasteiger partial charge in [0.1, 0.15) is 5.75 Å². The zero-order chi connectivity index (χ0) is 27.0. The molecule has 3 rings (SSSR count). The van der Waals surface area contributed by atoms with E-state index in [9.17, 15) is 22.8 Å². The summed E-state index contributed by atoms with van der Waals surface area (Å²) in [4.78, 5) is 29.0. The summed E-state index contributed by atoms with van der Waals surface area (Å²) >= 11 is 5.68. The molecule has 37 heavy (non-hydrogen) atoms. The molecule has 2 N–H and O–H groups in total. The summed E-state index contributed by atoms with van der Waals surface area (Å²) in [6.07, 6.45) is -3.75. The lowest BCUT2D eigenvalue weighted by molar-refractivity contribution is -0.138. The van der Waals surface area contributed by atoms with Crippen LogP contribution in [0.15, 0.2) is 36.4 Å². The average Bonchev–Trinajstić information content (AvgIpc) is 2.86. The average molecular weight is 541 g/mol. The van der Waals surface area contributed by atoms with Gasteiger partial charge in [0, 0.05) is 56.3 Å². The van der Waals surface area contributed by atoms with Crippen LogP contribution < -0.4 is 15.4 Å². The van der Waals surface area contributed by atoms with Gasteiger partial charge < -0.3 is 20.3 Å². The number of carbonyl (C=O) groups excluding carboxylic acids is 2. The van der Waals surface area contributed by atoms with E-state index in [1.807, 2.05) is 11.9 Å². The van der Waals surface area contributed by atoms with Crippen molar-refractivity contribution in [3.63, 3.8) is 0 Å². The molecule has 11 heteroatoms.